The van der Waals surface area contributed by atoms with Crippen LogP contribution in [0, 0.1) is 5.41 Å². The Hall–Kier alpha value is -2.70. The van der Waals surface area contributed by atoms with Crippen molar-refractivity contribution < 1.29 is 9.59 Å². The number of H-pyrrole nitrogens is 1. The molecule has 0 aliphatic heterocycles. The topological polar surface area (TPSA) is 86.9 Å². The van der Waals surface area contributed by atoms with Crippen LogP contribution in [0.2, 0.25) is 5.02 Å². The minimum atomic E-state index is -0.560. The molecule has 0 aliphatic rings. The van der Waals surface area contributed by atoms with Crippen molar-refractivity contribution in [2.45, 2.75) is 72.9 Å². The zero-order chi connectivity index (χ0) is 24.7. The molecular formula is C28H39ClN4O2. The molecule has 2 heterocycles. The first-order valence-electron chi connectivity index (χ1n) is 11.8. The van der Waals surface area contributed by atoms with Crippen LogP contribution in [0.4, 0.5) is 0 Å². The number of aryl methyl sites for hydroxylation is 2. The van der Waals surface area contributed by atoms with E-state index in [4.69, 9.17) is 11.6 Å². The van der Waals surface area contributed by atoms with Crippen molar-refractivity contribution in [1.82, 2.24) is 20.6 Å². The number of carbonyl (C=O) groups excluding carboxylic acids is 2. The number of nitrogens with one attached hydrogen (secondary N) is 3. The smallest absolute Gasteiger partial charge is 0.237 e. The number of Topliss-reactive ketones (excluding diaryl/α,β-unsaturated/α-hetero) is 1. The molecular weight excluding hydrogens is 460 g/mol. The van der Waals surface area contributed by atoms with Crippen LogP contribution in [0.3, 0.4) is 0 Å². The largest absolute Gasteiger partial charge is 0.345 e. The highest BCUT2D eigenvalue weighted by Crippen LogP contribution is 2.22. The monoisotopic (exact) mass is 498 g/mol. The number of fused-ring (bicyclic) bond motifs is 1. The van der Waals surface area contributed by atoms with Crippen molar-refractivity contribution in [2.24, 2.45) is 5.41 Å². The third kappa shape index (κ3) is 8.79. The lowest BCUT2D eigenvalue weighted by Gasteiger charge is -2.25. The Balaban J connectivity index is 0.00000432. The molecule has 35 heavy (non-hydrogen) atoms. The van der Waals surface area contributed by atoms with Crippen LogP contribution in [0.25, 0.3) is 11.0 Å². The van der Waals surface area contributed by atoms with E-state index in [1.165, 1.54) is 5.56 Å². The van der Waals surface area contributed by atoms with E-state index in [1.807, 2.05) is 24.3 Å². The number of aromatic nitrogens is 2. The minimum Gasteiger partial charge on any atom is -0.345 e. The van der Waals surface area contributed by atoms with Gasteiger partial charge in [-0.1, -0.05) is 70.1 Å². The summed E-state index contributed by atoms with van der Waals surface area (Å²) in [5.74, 6) is -0.144. The van der Waals surface area contributed by atoms with Gasteiger partial charge in [-0.25, -0.2) is 4.98 Å². The van der Waals surface area contributed by atoms with Crippen molar-refractivity contribution in [1.29, 1.82) is 0 Å². The molecule has 7 heteroatoms. The molecule has 0 radical (unpaired) electrons. The second kappa shape index (κ2) is 12.8. The Labute approximate surface area is 214 Å². The predicted octanol–water partition coefficient (Wildman–Crippen LogP) is 5.50. The van der Waals surface area contributed by atoms with Crippen LogP contribution in [-0.4, -0.2) is 40.3 Å². The van der Waals surface area contributed by atoms with Gasteiger partial charge < -0.3 is 15.6 Å². The first kappa shape index (κ1) is 28.5. The zero-order valence-electron chi connectivity index (χ0n) is 20.5. The van der Waals surface area contributed by atoms with Gasteiger partial charge in [0.15, 0.2) is 5.78 Å². The van der Waals surface area contributed by atoms with Crippen LogP contribution in [0.5, 0.6) is 0 Å². The number of hydrogen-bond donors (Lipinski definition) is 3. The number of ketones is 1. The second-order valence-corrected chi connectivity index (χ2v) is 10.5. The second-order valence-electron chi connectivity index (χ2n) is 10.1. The average Bonchev–Trinajstić information content (AvgIpc) is 3.17. The molecule has 190 valence electrons. The molecule has 2 aromatic heterocycles. The van der Waals surface area contributed by atoms with E-state index >= 15 is 0 Å². The van der Waals surface area contributed by atoms with Gasteiger partial charge in [-0.05, 0) is 48.8 Å². The summed E-state index contributed by atoms with van der Waals surface area (Å²) in [7, 11) is 0. The summed E-state index contributed by atoms with van der Waals surface area (Å²) in [6, 6.07) is 11.2. The number of pyridine rings is 1. The van der Waals surface area contributed by atoms with Crippen LogP contribution in [0.15, 0.2) is 48.8 Å². The lowest BCUT2D eigenvalue weighted by Crippen LogP contribution is -2.50. The number of nitrogens with zero attached hydrogens (tertiary/aromatic N) is 1. The van der Waals surface area contributed by atoms with Crippen LogP contribution in [0.1, 0.15) is 59.1 Å². The van der Waals surface area contributed by atoms with Crippen LogP contribution < -0.4 is 10.6 Å². The fourth-order valence-electron chi connectivity index (χ4n) is 3.74. The maximum absolute atomic E-state index is 13.1. The van der Waals surface area contributed by atoms with Crippen molar-refractivity contribution in [3.63, 3.8) is 0 Å². The summed E-state index contributed by atoms with van der Waals surface area (Å²) < 4.78 is 0. The Bertz CT molecular complexity index is 1110. The van der Waals surface area contributed by atoms with E-state index in [0.29, 0.717) is 30.8 Å². The highest BCUT2D eigenvalue weighted by atomic mass is 35.5. The fraction of sp³-hybridized carbons (Fsp3) is 0.464. The van der Waals surface area contributed by atoms with Gasteiger partial charge in [0.2, 0.25) is 5.91 Å². The molecule has 0 spiro atoms. The van der Waals surface area contributed by atoms with Gasteiger partial charge in [-0.2, -0.15) is 0 Å². The summed E-state index contributed by atoms with van der Waals surface area (Å²) in [5.41, 5.74) is 2.90. The lowest BCUT2D eigenvalue weighted by molar-refractivity contribution is -0.128. The zero-order valence-corrected chi connectivity index (χ0v) is 21.2. The molecule has 3 N–H and O–H groups in total. The molecule has 1 amide bonds. The van der Waals surface area contributed by atoms with Gasteiger partial charge in [-0.15, -0.1) is 0 Å². The quantitative estimate of drug-likeness (QED) is 0.326. The third-order valence-corrected chi connectivity index (χ3v) is 6.11. The summed E-state index contributed by atoms with van der Waals surface area (Å²) in [4.78, 5) is 33.2. The van der Waals surface area contributed by atoms with Crippen molar-refractivity contribution in [3.05, 3.63) is 64.9 Å². The van der Waals surface area contributed by atoms with E-state index in [2.05, 4.69) is 53.5 Å². The van der Waals surface area contributed by atoms with Gasteiger partial charge in [0.05, 0.1) is 17.1 Å². The Kier molecular flexibility index (Phi) is 10.5. The number of benzene rings is 1. The Morgan fingerprint density at radius 3 is 2.51 bits per heavy atom. The first-order chi connectivity index (χ1) is 16.1. The molecule has 0 fully saturated rings. The molecule has 6 nitrogen and oxygen atoms in total. The summed E-state index contributed by atoms with van der Waals surface area (Å²) in [6.07, 6.45) is 5.77. The normalized spacial score (nSPS) is 13.2. The number of amides is 1. The maximum atomic E-state index is 13.1. The Morgan fingerprint density at radius 1 is 1.11 bits per heavy atom. The number of rotatable bonds is 11. The standard InChI is InChI=1S/C27H35ClN4O2.CH4/c1-18(24(33)13-11-20-14-21-22(28)16-30-25(21)29-15-20)32-26(34)23(31-17-27(2,3)4)12-10-19-8-6-5-7-9-19;/h5-9,14-16,18,23,31H,10-13,17H2,1-4H3,(H,29,30)(H,32,34);1H4/t18-,23+;/m0./s1. The number of hydrogen-bond acceptors (Lipinski definition) is 4. The summed E-state index contributed by atoms with van der Waals surface area (Å²) in [5, 5.41) is 7.79. The Morgan fingerprint density at radius 2 is 1.83 bits per heavy atom. The first-order valence-corrected chi connectivity index (χ1v) is 12.2. The van der Waals surface area contributed by atoms with E-state index in [9.17, 15) is 9.59 Å². The molecule has 0 bridgehead atoms. The van der Waals surface area contributed by atoms with E-state index in [1.54, 1.807) is 19.3 Å². The van der Waals surface area contributed by atoms with Crippen LogP contribution >= 0.6 is 11.6 Å². The molecule has 0 unspecified atom stereocenters. The highest BCUT2D eigenvalue weighted by molar-refractivity contribution is 6.35. The molecule has 0 aliphatic carbocycles. The summed E-state index contributed by atoms with van der Waals surface area (Å²) >= 11 is 6.17. The van der Waals surface area contributed by atoms with Crippen LogP contribution in [-0.2, 0) is 22.4 Å². The molecule has 0 saturated heterocycles. The molecule has 3 rings (SSSR count). The molecule has 3 aromatic rings. The van der Waals surface area contributed by atoms with E-state index in [0.717, 1.165) is 23.0 Å². The van der Waals surface area contributed by atoms with Gasteiger partial charge >= 0.3 is 0 Å². The molecule has 1 aromatic carbocycles. The van der Waals surface area contributed by atoms with Crippen molar-refractivity contribution >= 4 is 34.3 Å². The SMILES string of the molecule is C.C[C@H](NC(=O)[C@@H](CCc1ccccc1)NCC(C)(C)C)C(=O)CCc1cnc2[nH]cc(Cl)c2c1. The third-order valence-electron chi connectivity index (χ3n) is 5.80. The van der Waals surface area contributed by atoms with Gasteiger partial charge in [0, 0.05) is 30.7 Å². The van der Waals surface area contributed by atoms with Gasteiger partial charge in [-0.3, -0.25) is 9.59 Å². The van der Waals surface area contributed by atoms with Gasteiger partial charge in [0.25, 0.3) is 0 Å². The predicted molar refractivity (Wildman–Crippen MR) is 145 cm³/mol. The summed E-state index contributed by atoms with van der Waals surface area (Å²) in [6.45, 7) is 8.85. The lowest BCUT2D eigenvalue weighted by atomic mass is 9.95. The molecule has 2 atom stereocenters. The maximum Gasteiger partial charge on any atom is 0.237 e. The van der Waals surface area contributed by atoms with Crippen molar-refractivity contribution in [2.75, 3.05) is 6.54 Å². The minimum absolute atomic E-state index is 0. The van der Waals surface area contributed by atoms with Crippen molar-refractivity contribution in [3.8, 4) is 0 Å². The number of halogens is 1. The van der Waals surface area contributed by atoms with Gasteiger partial charge in [0.1, 0.15) is 5.65 Å². The van der Waals surface area contributed by atoms with E-state index < -0.39 is 6.04 Å². The number of carbonyl (C=O) groups is 2. The van der Waals surface area contributed by atoms with E-state index in [-0.39, 0.29) is 30.6 Å². The molecule has 0 saturated carbocycles. The number of aromatic amines is 1. The highest BCUT2D eigenvalue weighted by Gasteiger charge is 2.24. The average molecular weight is 499 g/mol. The fourth-order valence-corrected chi connectivity index (χ4v) is 3.94.